The summed E-state index contributed by atoms with van der Waals surface area (Å²) in [4.78, 5) is 0. The molecule has 0 aliphatic rings. The maximum atomic E-state index is 8.33. The number of ether oxygens (including phenoxy) is 1. The Balaban J connectivity index is 2.27. The van der Waals surface area contributed by atoms with Gasteiger partial charge in [-0.25, -0.2) is 0 Å². The van der Waals surface area contributed by atoms with Gasteiger partial charge in [-0.2, -0.15) is 0 Å². The SMILES string of the molecule is NC(CCCCOc1ccc(Cl)cc1Cl)=NO. The first-order valence-corrected chi connectivity index (χ1v) is 5.93. The second kappa shape index (κ2) is 7.25. The van der Waals surface area contributed by atoms with Gasteiger partial charge in [-0.1, -0.05) is 28.4 Å². The molecule has 0 saturated carbocycles. The van der Waals surface area contributed by atoms with Crippen LogP contribution in [0.25, 0.3) is 0 Å². The summed E-state index contributed by atoms with van der Waals surface area (Å²) in [5.41, 5.74) is 5.33. The van der Waals surface area contributed by atoms with E-state index >= 15 is 0 Å². The number of rotatable bonds is 6. The van der Waals surface area contributed by atoms with E-state index in [0.717, 1.165) is 12.8 Å². The lowest BCUT2D eigenvalue weighted by Crippen LogP contribution is -2.11. The molecule has 0 heterocycles. The van der Waals surface area contributed by atoms with Crippen LogP contribution in [0.5, 0.6) is 5.75 Å². The molecule has 1 aromatic rings. The van der Waals surface area contributed by atoms with E-state index in [0.29, 0.717) is 28.8 Å². The first-order chi connectivity index (χ1) is 8.13. The fourth-order valence-corrected chi connectivity index (χ4v) is 1.70. The van der Waals surface area contributed by atoms with Crippen molar-refractivity contribution in [1.82, 2.24) is 0 Å². The van der Waals surface area contributed by atoms with E-state index in [-0.39, 0.29) is 5.84 Å². The van der Waals surface area contributed by atoms with Crippen LogP contribution in [0.2, 0.25) is 10.0 Å². The van der Waals surface area contributed by atoms with Gasteiger partial charge in [0, 0.05) is 11.4 Å². The summed E-state index contributed by atoms with van der Waals surface area (Å²) < 4.78 is 5.47. The van der Waals surface area contributed by atoms with Crippen LogP contribution in [0.4, 0.5) is 0 Å². The van der Waals surface area contributed by atoms with Crippen LogP contribution in [-0.4, -0.2) is 17.6 Å². The van der Waals surface area contributed by atoms with E-state index in [2.05, 4.69) is 5.16 Å². The molecule has 1 rings (SSSR count). The number of nitrogens with zero attached hydrogens (tertiary/aromatic N) is 1. The number of hydrogen-bond acceptors (Lipinski definition) is 3. The van der Waals surface area contributed by atoms with Gasteiger partial charge in [0.2, 0.25) is 0 Å². The highest BCUT2D eigenvalue weighted by Crippen LogP contribution is 2.27. The zero-order chi connectivity index (χ0) is 12.7. The highest BCUT2D eigenvalue weighted by atomic mass is 35.5. The predicted molar refractivity (Wildman–Crippen MR) is 69.2 cm³/mol. The Hall–Kier alpha value is -1.13. The molecule has 0 aliphatic carbocycles. The van der Waals surface area contributed by atoms with Gasteiger partial charge < -0.3 is 15.7 Å². The maximum Gasteiger partial charge on any atom is 0.139 e. The fourth-order valence-electron chi connectivity index (χ4n) is 1.23. The number of nitrogens with two attached hydrogens (primary N) is 1. The molecule has 0 aliphatic heterocycles. The third-order valence-electron chi connectivity index (χ3n) is 2.11. The van der Waals surface area contributed by atoms with Gasteiger partial charge in [0.15, 0.2) is 0 Å². The van der Waals surface area contributed by atoms with Crippen LogP contribution < -0.4 is 10.5 Å². The first kappa shape index (κ1) is 13.9. The number of benzene rings is 1. The van der Waals surface area contributed by atoms with Gasteiger partial charge in [0.05, 0.1) is 11.6 Å². The normalized spacial score (nSPS) is 11.5. The molecule has 0 saturated heterocycles. The molecule has 0 spiro atoms. The minimum atomic E-state index is 0.231. The average Bonchev–Trinajstić information content (AvgIpc) is 2.30. The van der Waals surface area contributed by atoms with Crippen LogP contribution in [0.3, 0.4) is 0 Å². The second-order valence-corrected chi connectivity index (χ2v) is 4.32. The van der Waals surface area contributed by atoms with E-state index in [4.69, 9.17) is 38.9 Å². The quantitative estimate of drug-likeness (QED) is 0.275. The van der Waals surface area contributed by atoms with E-state index < -0.39 is 0 Å². The topological polar surface area (TPSA) is 67.8 Å². The molecule has 17 heavy (non-hydrogen) atoms. The molecule has 3 N–H and O–H groups in total. The van der Waals surface area contributed by atoms with Gasteiger partial charge in [-0.15, -0.1) is 0 Å². The summed E-state index contributed by atoms with van der Waals surface area (Å²) in [5, 5.41) is 12.3. The van der Waals surface area contributed by atoms with Crippen molar-refractivity contribution in [3.05, 3.63) is 28.2 Å². The monoisotopic (exact) mass is 276 g/mol. The summed E-state index contributed by atoms with van der Waals surface area (Å²) in [7, 11) is 0. The number of oxime groups is 1. The van der Waals surface area contributed by atoms with Crippen molar-refractivity contribution in [2.45, 2.75) is 19.3 Å². The summed E-state index contributed by atoms with van der Waals surface area (Å²) in [6.07, 6.45) is 2.14. The highest BCUT2D eigenvalue weighted by Gasteiger charge is 2.02. The molecule has 0 atom stereocenters. The van der Waals surface area contributed by atoms with Gasteiger partial charge in [0.1, 0.15) is 11.6 Å². The molecular formula is C11H14Cl2N2O2. The molecule has 4 nitrogen and oxygen atoms in total. The Morgan fingerprint density at radius 1 is 1.35 bits per heavy atom. The average molecular weight is 277 g/mol. The largest absolute Gasteiger partial charge is 0.492 e. The minimum absolute atomic E-state index is 0.231. The Morgan fingerprint density at radius 2 is 2.12 bits per heavy atom. The fraction of sp³-hybridized carbons (Fsp3) is 0.364. The number of halogens is 2. The number of unbranched alkanes of at least 4 members (excludes halogenated alkanes) is 1. The molecule has 6 heteroatoms. The molecule has 0 fully saturated rings. The molecule has 0 bridgehead atoms. The van der Waals surface area contributed by atoms with Gasteiger partial charge in [0.25, 0.3) is 0 Å². The van der Waals surface area contributed by atoms with Crippen molar-refractivity contribution in [2.24, 2.45) is 10.9 Å². The van der Waals surface area contributed by atoms with E-state index in [9.17, 15) is 0 Å². The van der Waals surface area contributed by atoms with Gasteiger partial charge >= 0.3 is 0 Å². The highest BCUT2D eigenvalue weighted by molar-refractivity contribution is 6.35. The van der Waals surface area contributed by atoms with Crippen molar-refractivity contribution in [1.29, 1.82) is 0 Å². The molecule has 0 aromatic heterocycles. The molecule has 0 unspecified atom stereocenters. The minimum Gasteiger partial charge on any atom is -0.492 e. The molecule has 0 radical (unpaired) electrons. The van der Waals surface area contributed by atoms with Crippen LogP contribution in [0.15, 0.2) is 23.4 Å². The summed E-state index contributed by atoms with van der Waals surface area (Å²) in [6.45, 7) is 0.528. The third kappa shape index (κ3) is 5.15. The van der Waals surface area contributed by atoms with Crippen LogP contribution >= 0.6 is 23.2 Å². The molecule has 1 aromatic carbocycles. The zero-order valence-corrected chi connectivity index (χ0v) is 10.7. The molecular weight excluding hydrogens is 263 g/mol. The van der Waals surface area contributed by atoms with Crippen molar-refractivity contribution in [3.63, 3.8) is 0 Å². The van der Waals surface area contributed by atoms with Gasteiger partial charge in [-0.3, -0.25) is 0 Å². The number of amidine groups is 1. The number of hydrogen-bond donors (Lipinski definition) is 2. The van der Waals surface area contributed by atoms with Crippen LogP contribution in [0.1, 0.15) is 19.3 Å². The zero-order valence-electron chi connectivity index (χ0n) is 9.20. The second-order valence-electron chi connectivity index (χ2n) is 3.47. The smallest absolute Gasteiger partial charge is 0.139 e. The summed E-state index contributed by atoms with van der Waals surface area (Å²) in [5.74, 6) is 0.842. The lowest BCUT2D eigenvalue weighted by molar-refractivity contribution is 0.305. The molecule has 0 amide bonds. The maximum absolute atomic E-state index is 8.33. The predicted octanol–water partition coefficient (Wildman–Crippen LogP) is 3.29. The Bertz CT molecular complexity index is 397. The van der Waals surface area contributed by atoms with E-state index in [1.54, 1.807) is 18.2 Å². The summed E-state index contributed by atoms with van der Waals surface area (Å²) in [6, 6.07) is 5.09. The van der Waals surface area contributed by atoms with E-state index in [1.165, 1.54) is 0 Å². The van der Waals surface area contributed by atoms with Crippen molar-refractivity contribution < 1.29 is 9.94 Å². The lowest BCUT2D eigenvalue weighted by Gasteiger charge is -2.07. The lowest BCUT2D eigenvalue weighted by atomic mass is 10.2. The van der Waals surface area contributed by atoms with Crippen molar-refractivity contribution >= 4 is 29.0 Å². The van der Waals surface area contributed by atoms with Gasteiger partial charge in [-0.05, 0) is 31.0 Å². The van der Waals surface area contributed by atoms with Crippen molar-refractivity contribution in [3.8, 4) is 5.75 Å². The molecule has 94 valence electrons. The third-order valence-corrected chi connectivity index (χ3v) is 2.64. The van der Waals surface area contributed by atoms with Crippen LogP contribution in [-0.2, 0) is 0 Å². The Kier molecular flexibility index (Phi) is 5.94. The first-order valence-electron chi connectivity index (χ1n) is 5.17. The standard InChI is InChI=1S/C11H14Cl2N2O2/c12-8-4-5-10(9(13)7-8)17-6-2-1-3-11(14)15-16/h4-5,7,16H,1-3,6H2,(H2,14,15). The Labute approximate surface area is 110 Å². The van der Waals surface area contributed by atoms with Crippen molar-refractivity contribution in [2.75, 3.05) is 6.61 Å². The van der Waals surface area contributed by atoms with Crippen LogP contribution in [0, 0.1) is 0 Å². The summed E-state index contributed by atoms with van der Waals surface area (Å²) >= 11 is 11.7. The Morgan fingerprint density at radius 3 is 2.76 bits per heavy atom. The van der Waals surface area contributed by atoms with E-state index in [1.807, 2.05) is 0 Å².